The largest absolute Gasteiger partial charge is 0.490 e. The average Bonchev–Trinajstić information content (AvgIpc) is 3.51. The summed E-state index contributed by atoms with van der Waals surface area (Å²) in [5.41, 5.74) is 2.38. The Labute approximate surface area is 194 Å². The van der Waals surface area contributed by atoms with Gasteiger partial charge in [0.05, 0.1) is 32.1 Å². The fourth-order valence-electron chi connectivity index (χ4n) is 4.03. The van der Waals surface area contributed by atoms with Gasteiger partial charge in [0.15, 0.2) is 11.5 Å². The molecule has 1 unspecified atom stereocenters. The molecule has 3 aromatic rings. The second-order valence-corrected chi connectivity index (χ2v) is 7.74. The summed E-state index contributed by atoms with van der Waals surface area (Å²) in [5, 5.41) is 8.64. The van der Waals surface area contributed by atoms with E-state index >= 15 is 0 Å². The molecule has 0 saturated carbocycles. The number of amides is 1. The van der Waals surface area contributed by atoms with Crippen LogP contribution in [0.4, 0.5) is 0 Å². The second-order valence-electron chi connectivity index (χ2n) is 7.74. The number of likely N-dealkylation sites (tertiary alicyclic amines) is 1. The predicted octanol–water partition coefficient (Wildman–Crippen LogP) is 4.23. The monoisotopic (exact) mass is 450 g/mol. The van der Waals surface area contributed by atoms with Gasteiger partial charge in [-0.05, 0) is 39.3 Å². The Kier molecular flexibility index (Phi) is 7.12. The van der Waals surface area contributed by atoms with Crippen molar-refractivity contribution in [2.75, 3.05) is 32.9 Å². The van der Waals surface area contributed by atoms with E-state index in [9.17, 15) is 4.79 Å². The summed E-state index contributed by atoms with van der Waals surface area (Å²) in [6.07, 6.45) is 2.77. The van der Waals surface area contributed by atoms with Crippen LogP contribution >= 0.6 is 0 Å². The van der Waals surface area contributed by atoms with Gasteiger partial charge < -0.3 is 19.1 Å². The van der Waals surface area contributed by atoms with Gasteiger partial charge in [-0.15, -0.1) is 5.10 Å². The first-order valence-electron chi connectivity index (χ1n) is 11.5. The van der Waals surface area contributed by atoms with E-state index < -0.39 is 0 Å². The molecule has 1 aliphatic heterocycles. The van der Waals surface area contributed by atoms with Gasteiger partial charge in [-0.25, -0.2) is 4.68 Å². The summed E-state index contributed by atoms with van der Waals surface area (Å²) in [4.78, 5) is 15.2. The molecule has 1 fully saturated rings. The third kappa shape index (κ3) is 4.94. The summed E-state index contributed by atoms with van der Waals surface area (Å²) < 4.78 is 19.2. The number of benzene rings is 2. The Balaban J connectivity index is 1.52. The molecule has 0 bridgehead atoms. The summed E-state index contributed by atoms with van der Waals surface area (Å²) in [5.74, 6) is 1.51. The molecule has 33 heavy (non-hydrogen) atoms. The Bertz CT molecular complexity index is 1060. The summed E-state index contributed by atoms with van der Waals surface area (Å²) in [6, 6.07) is 13.5. The van der Waals surface area contributed by atoms with Crippen molar-refractivity contribution in [3.05, 3.63) is 54.2 Å². The number of ether oxygens (including phenoxy) is 3. The molecular formula is C25H30N4O4. The number of hydrogen-bond donors (Lipinski definition) is 0. The van der Waals surface area contributed by atoms with Crippen molar-refractivity contribution in [3.63, 3.8) is 0 Å². The van der Waals surface area contributed by atoms with Crippen LogP contribution in [0, 0.1) is 0 Å². The van der Waals surface area contributed by atoms with E-state index in [1.807, 2.05) is 66.9 Å². The molecule has 0 radical (unpaired) electrons. The van der Waals surface area contributed by atoms with Crippen LogP contribution in [0.5, 0.6) is 17.2 Å². The molecule has 4 rings (SSSR count). The van der Waals surface area contributed by atoms with Gasteiger partial charge in [0, 0.05) is 24.2 Å². The minimum Gasteiger partial charge on any atom is -0.490 e. The number of carbonyl (C=O) groups is 1. The first kappa shape index (κ1) is 22.6. The summed E-state index contributed by atoms with van der Waals surface area (Å²) in [6.45, 7) is 8.32. The minimum atomic E-state index is -0.0640. The van der Waals surface area contributed by atoms with E-state index in [1.165, 1.54) is 0 Å². The molecule has 0 N–H and O–H groups in total. The van der Waals surface area contributed by atoms with Crippen LogP contribution in [0.1, 0.15) is 43.6 Å². The number of rotatable bonds is 9. The SMILES string of the molecule is CCOc1cc(C(=O)N2CCC(n3cc(-c4ccccc4)nn3)C2)cc(OCC)c1OCC. The normalized spacial score (nSPS) is 15.5. The topological polar surface area (TPSA) is 78.7 Å². The molecule has 1 saturated heterocycles. The third-order valence-electron chi connectivity index (χ3n) is 5.56. The van der Waals surface area contributed by atoms with Crippen molar-refractivity contribution in [3.8, 4) is 28.5 Å². The lowest BCUT2D eigenvalue weighted by molar-refractivity contribution is 0.0785. The molecule has 1 aromatic heterocycles. The summed E-state index contributed by atoms with van der Waals surface area (Å²) >= 11 is 0. The maximum atomic E-state index is 13.4. The van der Waals surface area contributed by atoms with E-state index in [0.29, 0.717) is 55.7 Å². The van der Waals surface area contributed by atoms with E-state index in [1.54, 1.807) is 12.1 Å². The van der Waals surface area contributed by atoms with Crippen LogP contribution in [0.15, 0.2) is 48.7 Å². The van der Waals surface area contributed by atoms with Gasteiger partial charge in [-0.3, -0.25) is 4.79 Å². The molecular weight excluding hydrogens is 420 g/mol. The Morgan fingerprint density at radius 1 is 1.00 bits per heavy atom. The average molecular weight is 451 g/mol. The zero-order valence-corrected chi connectivity index (χ0v) is 19.4. The second kappa shape index (κ2) is 10.4. The fourth-order valence-corrected chi connectivity index (χ4v) is 4.03. The molecule has 8 heteroatoms. The molecule has 1 atom stereocenters. The van der Waals surface area contributed by atoms with E-state index in [4.69, 9.17) is 14.2 Å². The Hall–Kier alpha value is -3.55. The lowest BCUT2D eigenvalue weighted by Gasteiger charge is -2.20. The highest BCUT2D eigenvalue weighted by molar-refractivity contribution is 5.96. The van der Waals surface area contributed by atoms with Gasteiger partial charge in [-0.1, -0.05) is 35.5 Å². The maximum Gasteiger partial charge on any atom is 0.254 e. The van der Waals surface area contributed by atoms with Gasteiger partial charge in [0.2, 0.25) is 5.75 Å². The first-order valence-corrected chi connectivity index (χ1v) is 11.5. The quantitative estimate of drug-likeness (QED) is 0.486. The van der Waals surface area contributed by atoms with Crippen LogP contribution < -0.4 is 14.2 Å². The standard InChI is InChI=1S/C25H30N4O4/c1-4-31-22-14-19(15-23(32-5-2)24(22)33-6-3)25(30)28-13-12-20(16-28)29-17-21(26-27-29)18-10-8-7-9-11-18/h7-11,14-15,17,20H,4-6,12-13,16H2,1-3H3. The summed E-state index contributed by atoms with van der Waals surface area (Å²) in [7, 11) is 0. The van der Waals surface area contributed by atoms with Crippen LogP contribution in [0.3, 0.4) is 0 Å². The Morgan fingerprint density at radius 2 is 1.67 bits per heavy atom. The number of nitrogens with zero attached hydrogens (tertiary/aromatic N) is 4. The van der Waals surface area contributed by atoms with Crippen LogP contribution in [0.2, 0.25) is 0 Å². The van der Waals surface area contributed by atoms with Crippen LogP contribution in [-0.2, 0) is 0 Å². The van der Waals surface area contributed by atoms with E-state index in [0.717, 1.165) is 17.7 Å². The number of aromatic nitrogens is 3. The predicted molar refractivity (Wildman–Crippen MR) is 125 cm³/mol. The van der Waals surface area contributed by atoms with Crippen molar-refractivity contribution >= 4 is 5.91 Å². The molecule has 1 amide bonds. The van der Waals surface area contributed by atoms with Gasteiger partial charge in [0.1, 0.15) is 5.69 Å². The number of hydrogen-bond acceptors (Lipinski definition) is 6. The molecule has 1 aliphatic rings. The molecule has 2 aromatic carbocycles. The highest BCUT2D eigenvalue weighted by atomic mass is 16.5. The fraction of sp³-hybridized carbons (Fsp3) is 0.400. The maximum absolute atomic E-state index is 13.4. The lowest BCUT2D eigenvalue weighted by atomic mass is 10.1. The van der Waals surface area contributed by atoms with Crippen molar-refractivity contribution in [2.45, 2.75) is 33.2 Å². The van der Waals surface area contributed by atoms with Crippen molar-refractivity contribution < 1.29 is 19.0 Å². The minimum absolute atomic E-state index is 0.0640. The van der Waals surface area contributed by atoms with Crippen molar-refractivity contribution in [2.24, 2.45) is 0 Å². The van der Waals surface area contributed by atoms with Crippen molar-refractivity contribution in [1.29, 1.82) is 0 Å². The zero-order chi connectivity index (χ0) is 23.2. The molecule has 0 aliphatic carbocycles. The molecule has 174 valence electrons. The first-order chi connectivity index (χ1) is 16.1. The molecule has 2 heterocycles. The third-order valence-corrected chi connectivity index (χ3v) is 5.56. The molecule has 0 spiro atoms. The van der Waals surface area contributed by atoms with Gasteiger partial charge >= 0.3 is 0 Å². The van der Waals surface area contributed by atoms with Gasteiger partial charge in [0.25, 0.3) is 5.91 Å². The smallest absolute Gasteiger partial charge is 0.254 e. The molecule has 8 nitrogen and oxygen atoms in total. The zero-order valence-electron chi connectivity index (χ0n) is 19.4. The highest BCUT2D eigenvalue weighted by Crippen LogP contribution is 2.40. The van der Waals surface area contributed by atoms with Crippen molar-refractivity contribution in [1.82, 2.24) is 19.9 Å². The van der Waals surface area contributed by atoms with Crippen LogP contribution in [-0.4, -0.2) is 58.7 Å². The highest BCUT2D eigenvalue weighted by Gasteiger charge is 2.30. The Morgan fingerprint density at radius 3 is 2.30 bits per heavy atom. The van der Waals surface area contributed by atoms with Crippen LogP contribution in [0.25, 0.3) is 11.3 Å². The number of carbonyl (C=O) groups excluding carboxylic acids is 1. The van der Waals surface area contributed by atoms with Gasteiger partial charge in [-0.2, -0.15) is 0 Å². The van der Waals surface area contributed by atoms with E-state index in [2.05, 4.69) is 10.3 Å². The van der Waals surface area contributed by atoms with E-state index in [-0.39, 0.29) is 11.9 Å². The lowest BCUT2D eigenvalue weighted by Crippen LogP contribution is -2.29.